The highest BCUT2D eigenvalue weighted by atomic mass is 16.5. The Bertz CT molecular complexity index is 522. The molecule has 3 heterocycles. The first-order valence-electron chi connectivity index (χ1n) is 7.94. The number of hydrogen-bond donors (Lipinski definition) is 0. The van der Waals surface area contributed by atoms with Gasteiger partial charge in [0.25, 0.3) is 0 Å². The standard InChI is InChI=1S/C16H24N4O2/c1-13(2)8-19-5-6-22-11-16(9-19)7-15(21)20(10-16)14-3-4-17-12-18-14/h3-4,12-13H,5-11H2,1-2H3/t16-/m0/s1. The molecule has 2 saturated heterocycles. The van der Waals surface area contributed by atoms with Crippen LogP contribution in [-0.2, 0) is 9.53 Å². The smallest absolute Gasteiger partial charge is 0.228 e. The third-order valence-corrected chi connectivity index (χ3v) is 4.31. The summed E-state index contributed by atoms with van der Waals surface area (Å²) < 4.78 is 5.82. The second-order valence-corrected chi connectivity index (χ2v) is 6.91. The van der Waals surface area contributed by atoms with E-state index in [0.29, 0.717) is 31.3 Å². The van der Waals surface area contributed by atoms with E-state index in [1.807, 2.05) is 0 Å². The molecule has 1 aromatic rings. The van der Waals surface area contributed by atoms with E-state index < -0.39 is 0 Å². The van der Waals surface area contributed by atoms with Crippen LogP contribution >= 0.6 is 0 Å². The lowest BCUT2D eigenvalue weighted by molar-refractivity contribution is -0.118. The molecule has 0 unspecified atom stereocenters. The lowest BCUT2D eigenvalue weighted by atomic mass is 9.87. The topological polar surface area (TPSA) is 58.6 Å². The van der Waals surface area contributed by atoms with E-state index in [0.717, 1.165) is 26.2 Å². The second kappa shape index (κ2) is 6.30. The number of carbonyl (C=O) groups excluding carboxylic acids is 1. The zero-order valence-corrected chi connectivity index (χ0v) is 13.4. The number of amides is 1. The molecule has 1 atom stereocenters. The van der Waals surface area contributed by atoms with E-state index in [-0.39, 0.29) is 11.3 Å². The molecule has 1 aromatic heterocycles. The van der Waals surface area contributed by atoms with Gasteiger partial charge in [0.2, 0.25) is 5.91 Å². The largest absolute Gasteiger partial charge is 0.379 e. The van der Waals surface area contributed by atoms with Crippen molar-refractivity contribution in [3.05, 3.63) is 18.6 Å². The lowest BCUT2D eigenvalue weighted by Crippen LogP contribution is -2.42. The molecule has 0 radical (unpaired) electrons. The molecule has 3 rings (SSSR count). The SMILES string of the molecule is CC(C)CN1CCOC[C@@]2(CC(=O)N(c3ccncn3)C2)C1. The minimum Gasteiger partial charge on any atom is -0.379 e. The summed E-state index contributed by atoms with van der Waals surface area (Å²) in [4.78, 5) is 24.8. The molecule has 6 heteroatoms. The monoisotopic (exact) mass is 304 g/mol. The Labute approximate surface area is 131 Å². The fourth-order valence-corrected chi connectivity index (χ4v) is 3.50. The lowest BCUT2D eigenvalue weighted by Gasteiger charge is -2.31. The highest BCUT2D eigenvalue weighted by Crippen LogP contribution is 2.36. The van der Waals surface area contributed by atoms with E-state index in [1.165, 1.54) is 6.33 Å². The third kappa shape index (κ3) is 3.28. The highest BCUT2D eigenvalue weighted by Gasteiger charge is 2.46. The van der Waals surface area contributed by atoms with Gasteiger partial charge in [-0.15, -0.1) is 0 Å². The Hall–Kier alpha value is -1.53. The van der Waals surface area contributed by atoms with Crippen LogP contribution < -0.4 is 4.90 Å². The molecule has 1 amide bonds. The zero-order chi connectivity index (χ0) is 15.6. The minimum atomic E-state index is -0.118. The third-order valence-electron chi connectivity index (χ3n) is 4.31. The normalized spacial score (nSPS) is 26.9. The van der Waals surface area contributed by atoms with Crippen LogP contribution in [0.15, 0.2) is 18.6 Å². The van der Waals surface area contributed by atoms with Crippen LogP contribution in [-0.4, -0.2) is 60.2 Å². The van der Waals surface area contributed by atoms with Crippen LogP contribution in [0, 0.1) is 11.3 Å². The van der Waals surface area contributed by atoms with Gasteiger partial charge in [-0.25, -0.2) is 9.97 Å². The van der Waals surface area contributed by atoms with E-state index >= 15 is 0 Å². The average molecular weight is 304 g/mol. The van der Waals surface area contributed by atoms with Crippen LogP contribution in [0.4, 0.5) is 5.82 Å². The Morgan fingerprint density at radius 3 is 3.00 bits per heavy atom. The average Bonchev–Trinajstić information content (AvgIpc) is 2.67. The van der Waals surface area contributed by atoms with Gasteiger partial charge in [0.15, 0.2) is 0 Å². The molecule has 2 aliphatic rings. The number of carbonyl (C=O) groups is 1. The van der Waals surface area contributed by atoms with Crippen LogP contribution in [0.25, 0.3) is 0 Å². The van der Waals surface area contributed by atoms with E-state index in [1.54, 1.807) is 17.2 Å². The van der Waals surface area contributed by atoms with Crippen molar-refractivity contribution in [3.8, 4) is 0 Å². The predicted octanol–water partition coefficient (Wildman–Crippen LogP) is 1.19. The quantitative estimate of drug-likeness (QED) is 0.839. The number of hydrogen-bond acceptors (Lipinski definition) is 5. The summed E-state index contributed by atoms with van der Waals surface area (Å²) in [6, 6.07) is 1.79. The van der Waals surface area contributed by atoms with Gasteiger partial charge in [-0.2, -0.15) is 0 Å². The maximum Gasteiger partial charge on any atom is 0.228 e. The number of rotatable bonds is 3. The molecular weight excluding hydrogens is 280 g/mol. The zero-order valence-electron chi connectivity index (χ0n) is 13.4. The van der Waals surface area contributed by atoms with Crippen molar-refractivity contribution in [1.82, 2.24) is 14.9 Å². The first kappa shape index (κ1) is 15.4. The second-order valence-electron chi connectivity index (χ2n) is 6.91. The van der Waals surface area contributed by atoms with Crippen LogP contribution in [0.3, 0.4) is 0 Å². The van der Waals surface area contributed by atoms with E-state index in [2.05, 4.69) is 28.7 Å². The van der Waals surface area contributed by atoms with Crippen LogP contribution in [0.5, 0.6) is 0 Å². The van der Waals surface area contributed by atoms with Crippen LogP contribution in [0.1, 0.15) is 20.3 Å². The van der Waals surface area contributed by atoms with Crippen molar-refractivity contribution in [2.75, 3.05) is 44.3 Å². The number of nitrogens with zero attached hydrogens (tertiary/aromatic N) is 4. The van der Waals surface area contributed by atoms with Gasteiger partial charge in [0.1, 0.15) is 12.1 Å². The summed E-state index contributed by atoms with van der Waals surface area (Å²) in [7, 11) is 0. The van der Waals surface area contributed by atoms with Gasteiger partial charge in [-0.1, -0.05) is 13.8 Å². The summed E-state index contributed by atoms with van der Waals surface area (Å²) >= 11 is 0. The summed E-state index contributed by atoms with van der Waals surface area (Å²) in [5.74, 6) is 1.44. The van der Waals surface area contributed by atoms with Gasteiger partial charge in [-0.3, -0.25) is 9.69 Å². The molecule has 6 nitrogen and oxygen atoms in total. The Morgan fingerprint density at radius 1 is 1.41 bits per heavy atom. The van der Waals surface area contributed by atoms with Gasteiger partial charge in [0, 0.05) is 44.2 Å². The Morgan fingerprint density at radius 2 is 2.27 bits per heavy atom. The predicted molar refractivity (Wildman–Crippen MR) is 83.5 cm³/mol. The van der Waals surface area contributed by atoms with Crippen molar-refractivity contribution in [2.45, 2.75) is 20.3 Å². The molecule has 22 heavy (non-hydrogen) atoms. The van der Waals surface area contributed by atoms with Crippen molar-refractivity contribution < 1.29 is 9.53 Å². The number of anilines is 1. The summed E-state index contributed by atoms with van der Waals surface area (Å²) in [5, 5.41) is 0. The molecule has 0 aliphatic carbocycles. The number of aromatic nitrogens is 2. The molecule has 0 saturated carbocycles. The van der Waals surface area contributed by atoms with Crippen molar-refractivity contribution in [3.63, 3.8) is 0 Å². The van der Waals surface area contributed by atoms with Gasteiger partial charge < -0.3 is 9.64 Å². The molecule has 0 bridgehead atoms. The Balaban J connectivity index is 1.77. The number of ether oxygens (including phenoxy) is 1. The first-order valence-corrected chi connectivity index (χ1v) is 7.94. The van der Waals surface area contributed by atoms with Crippen LogP contribution in [0.2, 0.25) is 0 Å². The summed E-state index contributed by atoms with van der Waals surface area (Å²) in [6.07, 6.45) is 3.70. The van der Waals surface area contributed by atoms with Gasteiger partial charge in [0.05, 0.1) is 13.2 Å². The molecule has 0 aromatic carbocycles. The van der Waals surface area contributed by atoms with Crippen molar-refractivity contribution in [2.24, 2.45) is 11.3 Å². The fourth-order valence-electron chi connectivity index (χ4n) is 3.50. The van der Waals surface area contributed by atoms with E-state index in [4.69, 9.17) is 4.74 Å². The van der Waals surface area contributed by atoms with Crippen molar-refractivity contribution >= 4 is 11.7 Å². The van der Waals surface area contributed by atoms with Crippen molar-refractivity contribution in [1.29, 1.82) is 0 Å². The Kier molecular flexibility index (Phi) is 4.40. The fraction of sp³-hybridized carbons (Fsp3) is 0.688. The molecule has 0 N–H and O–H groups in total. The first-order chi connectivity index (χ1) is 10.6. The summed E-state index contributed by atoms with van der Waals surface area (Å²) in [5.41, 5.74) is -0.118. The maximum atomic E-state index is 12.5. The maximum absolute atomic E-state index is 12.5. The van der Waals surface area contributed by atoms with Gasteiger partial charge in [-0.05, 0) is 12.0 Å². The highest BCUT2D eigenvalue weighted by molar-refractivity contribution is 5.95. The molecule has 2 fully saturated rings. The van der Waals surface area contributed by atoms with Gasteiger partial charge >= 0.3 is 0 Å². The molecule has 120 valence electrons. The molecule has 2 aliphatic heterocycles. The molecular formula is C16H24N4O2. The minimum absolute atomic E-state index is 0.118. The van der Waals surface area contributed by atoms with E-state index in [9.17, 15) is 4.79 Å². The summed E-state index contributed by atoms with van der Waals surface area (Å²) in [6.45, 7) is 9.44. The molecule has 1 spiro atoms.